The number of nitriles is 1. The SMILES string of the molecule is Cc1ccc(C=C(C#N)C(=O)NC2CCCC2)cc1. The monoisotopic (exact) mass is 254 g/mol. The van der Waals surface area contributed by atoms with Gasteiger partial charge in [-0.2, -0.15) is 5.26 Å². The average molecular weight is 254 g/mol. The normalized spacial score (nSPS) is 16.1. The second-order valence-electron chi connectivity index (χ2n) is 5.04. The van der Waals surface area contributed by atoms with Gasteiger partial charge in [0.05, 0.1) is 0 Å². The Morgan fingerprint density at radius 2 is 1.95 bits per heavy atom. The average Bonchev–Trinajstić information content (AvgIpc) is 2.90. The first-order chi connectivity index (χ1) is 9.19. The zero-order valence-electron chi connectivity index (χ0n) is 11.1. The molecule has 1 aromatic rings. The van der Waals surface area contributed by atoms with Crippen molar-refractivity contribution in [1.82, 2.24) is 5.32 Å². The summed E-state index contributed by atoms with van der Waals surface area (Å²) in [5, 5.41) is 12.0. The van der Waals surface area contributed by atoms with Crippen LogP contribution in [0.5, 0.6) is 0 Å². The van der Waals surface area contributed by atoms with Gasteiger partial charge in [0.25, 0.3) is 5.91 Å². The molecule has 1 aliphatic carbocycles. The molecular formula is C16H18N2O. The molecule has 0 unspecified atom stereocenters. The van der Waals surface area contributed by atoms with Gasteiger partial charge in [-0.15, -0.1) is 0 Å². The van der Waals surface area contributed by atoms with Gasteiger partial charge in [0.1, 0.15) is 11.6 Å². The van der Waals surface area contributed by atoms with Crippen LogP contribution < -0.4 is 5.32 Å². The first-order valence-electron chi connectivity index (χ1n) is 6.68. The number of carbonyl (C=O) groups excluding carboxylic acids is 1. The van der Waals surface area contributed by atoms with Crippen LogP contribution in [0.25, 0.3) is 6.08 Å². The van der Waals surface area contributed by atoms with Crippen LogP contribution in [0.15, 0.2) is 29.8 Å². The highest BCUT2D eigenvalue weighted by molar-refractivity contribution is 6.01. The molecule has 1 amide bonds. The lowest BCUT2D eigenvalue weighted by Gasteiger charge is -2.10. The van der Waals surface area contributed by atoms with E-state index in [4.69, 9.17) is 5.26 Å². The van der Waals surface area contributed by atoms with E-state index in [-0.39, 0.29) is 17.5 Å². The summed E-state index contributed by atoms with van der Waals surface area (Å²) >= 11 is 0. The zero-order chi connectivity index (χ0) is 13.7. The minimum absolute atomic E-state index is 0.177. The third-order valence-corrected chi connectivity index (χ3v) is 3.44. The minimum Gasteiger partial charge on any atom is -0.349 e. The van der Waals surface area contributed by atoms with Crippen LogP contribution in [-0.2, 0) is 4.79 Å². The van der Waals surface area contributed by atoms with Crippen molar-refractivity contribution in [3.63, 3.8) is 0 Å². The summed E-state index contributed by atoms with van der Waals surface area (Å²) in [6.45, 7) is 2.01. The Morgan fingerprint density at radius 1 is 1.32 bits per heavy atom. The predicted octanol–water partition coefficient (Wildman–Crippen LogP) is 2.96. The van der Waals surface area contributed by atoms with Gasteiger partial charge in [0.2, 0.25) is 0 Å². The number of carbonyl (C=O) groups is 1. The van der Waals surface area contributed by atoms with E-state index in [1.165, 1.54) is 0 Å². The van der Waals surface area contributed by atoms with E-state index in [1.807, 2.05) is 37.3 Å². The highest BCUT2D eigenvalue weighted by Gasteiger charge is 2.19. The maximum Gasteiger partial charge on any atom is 0.262 e. The first kappa shape index (κ1) is 13.4. The van der Waals surface area contributed by atoms with Crippen LogP contribution in [0.4, 0.5) is 0 Å². The van der Waals surface area contributed by atoms with Gasteiger partial charge >= 0.3 is 0 Å². The second kappa shape index (κ2) is 6.19. The molecule has 0 atom stereocenters. The van der Waals surface area contributed by atoms with E-state index < -0.39 is 0 Å². The Kier molecular flexibility index (Phi) is 4.35. The van der Waals surface area contributed by atoms with Gasteiger partial charge in [-0.25, -0.2) is 0 Å². The predicted molar refractivity (Wildman–Crippen MR) is 75.2 cm³/mol. The molecule has 1 aromatic carbocycles. The molecule has 2 rings (SSSR count). The number of rotatable bonds is 3. The van der Waals surface area contributed by atoms with Crippen LogP contribution in [-0.4, -0.2) is 11.9 Å². The topological polar surface area (TPSA) is 52.9 Å². The zero-order valence-corrected chi connectivity index (χ0v) is 11.1. The molecule has 0 heterocycles. The highest BCUT2D eigenvalue weighted by atomic mass is 16.1. The lowest BCUT2D eigenvalue weighted by molar-refractivity contribution is -0.117. The van der Waals surface area contributed by atoms with Gasteiger partial charge < -0.3 is 5.32 Å². The van der Waals surface area contributed by atoms with Crippen molar-refractivity contribution >= 4 is 12.0 Å². The summed E-state index contributed by atoms with van der Waals surface area (Å²) in [5.74, 6) is -0.255. The molecule has 1 aliphatic rings. The smallest absolute Gasteiger partial charge is 0.262 e. The Hall–Kier alpha value is -2.08. The van der Waals surface area contributed by atoms with E-state index in [9.17, 15) is 4.79 Å². The molecule has 0 saturated heterocycles. The van der Waals surface area contributed by atoms with Crippen LogP contribution in [0.2, 0.25) is 0 Å². The third kappa shape index (κ3) is 3.69. The van der Waals surface area contributed by atoms with Crippen molar-refractivity contribution in [3.8, 4) is 6.07 Å². The maximum atomic E-state index is 12.0. The minimum atomic E-state index is -0.255. The van der Waals surface area contributed by atoms with Gasteiger partial charge in [-0.3, -0.25) is 4.79 Å². The first-order valence-corrected chi connectivity index (χ1v) is 6.68. The lowest BCUT2D eigenvalue weighted by atomic mass is 10.1. The molecule has 0 bridgehead atoms. The Bertz CT molecular complexity index is 517. The number of aryl methyl sites for hydroxylation is 1. The number of benzene rings is 1. The Labute approximate surface area is 113 Å². The van der Waals surface area contributed by atoms with Crippen molar-refractivity contribution in [1.29, 1.82) is 5.26 Å². The van der Waals surface area contributed by atoms with Crippen LogP contribution >= 0.6 is 0 Å². The van der Waals surface area contributed by atoms with Crippen LogP contribution in [0.1, 0.15) is 36.8 Å². The number of nitrogens with zero attached hydrogens (tertiary/aromatic N) is 1. The summed E-state index contributed by atoms with van der Waals surface area (Å²) in [5.41, 5.74) is 2.21. The largest absolute Gasteiger partial charge is 0.349 e. The van der Waals surface area contributed by atoms with Crippen molar-refractivity contribution in [2.45, 2.75) is 38.6 Å². The molecule has 0 aliphatic heterocycles. The molecule has 0 spiro atoms. The van der Waals surface area contributed by atoms with E-state index in [0.29, 0.717) is 0 Å². The van der Waals surface area contributed by atoms with E-state index in [1.54, 1.807) is 6.08 Å². The van der Waals surface area contributed by atoms with E-state index in [0.717, 1.165) is 36.8 Å². The quantitative estimate of drug-likeness (QED) is 0.666. The molecule has 0 aromatic heterocycles. The standard InChI is InChI=1S/C16H18N2O/c1-12-6-8-13(9-7-12)10-14(11-17)16(19)18-15-4-2-3-5-15/h6-10,15H,2-5H2,1H3,(H,18,19). The number of hydrogen-bond acceptors (Lipinski definition) is 2. The van der Waals surface area contributed by atoms with Gasteiger partial charge in [-0.05, 0) is 31.4 Å². The molecule has 1 fully saturated rings. The Morgan fingerprint density at radius 3 is 2.53 bits per heavy atom. The maximum absolute atomic E-state index is 12.0. The molecular weight excluding hydrogens is 236 g/mol. The highest BCUT2D eigenvalue weighted by Crippen LogP contribution is 2.18. The molecule has 98 valence electrons. The van der Waals surface area contributed by atoms with Crippen LogP contribution in [0.3, 0.4) is 0 Å². The molecule has 0 radical (unpaired) electrons. The number of nitrogens with one attached hydrogen (secondary N) is 1. The van der Waals surface area contributed by atoms with Gasteiger partial charge in [0, 0.05) is 6.04 Å². The summed E-state index contributed by atoms with van der Waals surface area (Å²) in [6.07, 6.45) is 6.01. The van der Waals surface area contributed by atoms with Crippen molar-refractivity contribution in [2.75, 3.05) is 0 Å². The molecule has 19 heavy (non-hydrogen) atoms. The number of hydrogen-bond donors (Lipinski definition) is 1. The van der Waals surface area contributed by atoms with Crippen molar-refractivity contribution in [3.05, 3.63) is 41.0 Å². The van der Waals surface area contributed by atoms with Crippen molar-refractivity contribution in [2.24, 2.45) is 0 Å². The molecule has 1 saturated carbocycles. The molecule has 1 N–H and O–H groups in total. The molecule has 3 heteroatoms. The second-order valence-corrected chi connectivity index (χ2v) is 5.04. The fourth-order valence-corrected chi connectivity index (χ4v) is 2.31. The van der Waals surface area contributed by atoms with Crippen molar-refractivity contribution < 1.29 is 4.79 Å². The lowest BCUT2D eigenvalue weighted by Crippen LogP contribution is -2.33. The Balaban J connectivity index is 2.08. The van der Waals surface area contributed by atoms with E-state index >= 15 is 0 Å². The summed E-state index contributed by atoms with van der Waals surface area (Å²) < 4.78 is 0. The van der Waals surface area contributed by atoms with Gasteiger partial charge in [-0.1, -0.05) is 42.7 Å². The molecule has 3 nitrogen and oxygen atoms in total. The van der Waals surface area contributed by atoms with Crippen LogP contribution in [0, 0.1) is 18.3 Å². The summed E-state index contributed by atoms with van der Waals surface area (Å²) in [4.78, 5) is 12.0. The number of amides is 1. The fraction of sp³-hybridized carbons (Fsp3) is 0.375. The van der Waals surface area contributed by atoms with E-state index in [2.05, 4.69) is 5.32 Å². The van der Waals surface area contributed by atoms with Gasteiger partial charge in [0.15, 0.2) is 0 Å². The summed E-state index contributed by atoms with van der Waals surface area (Å²) in [6, 6.07) is 9.99. The third-order valence-electron chi connectivity index (χ3n) is 3.44. The summed E-state index contributed by atoms with van der Waals surface area (Å²) in [7, 11) is 0. The fourth-order valence-electron chi connectivity index (χ4n) is 2.31.